The fourth-order valence-corrected chi connectivity index (χ4v) is 2.12. The molecule has 0 fully saturated rings. The summed E-state index contributed by atoms with van der Waals surface area (Å²) in [4.78, 5) is 9.42. The van der Waals surface area contributed by atoms with Crippen molar-refractivity contribution in [2.75, 3.05) is 0 Å². The van der Waals surface area contributed by atoms with Gasteiger partial charge in [-0.25, -0.2) is 0 Å². The number of hydrogen-bond donors (Lipinski definition) is 0. The third-order valence-corrected chi connectivity index (χ3v) is 2.86. The molecule has 0 amide bonds. The van der Waals surface area contributed by atoms with Crippen molar-refractivity contribution >= 4 is 33.2 Å². The summed E-state index contributed by atoms with van der Waals surface area (Å²) in [6, 6.07) is 1.97. The van der Waals surface area contributed by atoms with Crippen molar-refractivity contribution in [2.24, 2.45) is 0 Å². The van der Waals surface area contributed by atoms with Gasteiger partial charge in [-0.3, -0.25) is 10.1 Å². The van der Waals surface area contributed by atoms with Gasteiger partial charge in [-0.15, -0.1) is 11.6 Å². The van der Waals surface area contributed by atoms with Crippen LogP contribution in [0.3, 0.4) is 0 Å². The monoisotopic (exact) mass is 317 g/mol. The standard InChI is InChI=1S/C8H4BrClF3NO2/c9-5-1-2-6(14(15)16)7(4(5)3-10)8(11,12)13/h1-2H,3H2. The van der Waals surface area contributed by atoms with Crippen LogP contribution in [-0.2, 0) is 12.1 Å². The number of alkyl halides is 4. The fourth-order valence-electron chi connectivity index (χ4n) is 1.21. The zero-order valence-corrected chi connectivity index (χ0v) is 9.86. The van der Waals surface area contributed by atoms with Crippen LogP contribution in [0.25, 0.3) is 0 Å². The first-order valence-electron chi connectivity index (χ1n) is 3.88. The lowest BCUT2D eigenvalue weighted by Crippen LogP contribution is -2.12. The number of rotatable bonds is 2. The molecule has 0 aliphatic heterocycles. The maximum atomic E-state index is 12.7. The van der Waals surface area contributed by atoms with Gasteiger partial charge >= 0.3 is 6.18 Å². The Kier molecular flexibility index (Phi) is 3.80. The highest BCUT2D eigenvalue weighted by Gasteiger charge is 2.41. The Morgan fingerprint density at radius 2 is 2.00 bits per heavy atom. The van der Waals surface area contributed by atoms with Crippen molar-refractivity contribution in [2.45, 2.75) is 12.1 Å². The van der Waals surface area contributed by atoms with Crippen LogP contribution in [-0.4, -0.2) is 4.92 Å². The largest absolute Gasteiger partial charge is 0.423 e. The average Bonchev–Trinajstić information content (AvgIpc) is 2.15. The fraction of sp³-hybridized carbons (Fsp3) is 0.250. The second-order valence-electron chi connectivity index (χ2n) is 2.81. The Balaban J connectivity index is 3.61. The lowest BCUT2D eigenvalue weighted by atomic mass is 10.1. The molecule has 8 heteroatoms. The lowest BCUT2D eigenvalue weighted by molar-refractivity contribution is -0.388. The van der Waals surface area contributed by atoms with Gasteiger partial charge in [0.15, 0.2) is 0 Å². The molecule has 0 spiro atoms. The van der Waals surface area contributed by atoms with Crippen LogP contribution in [0.2, 0.25) is 0 Å². The van der Waals surface area contributed by atoms with E-state index in [1.165, 1.54) is 6.07 Å². The maximum Gasteiger partial charge on any atom is 0.423 e. The highest BCUT2D eigenvalue weighted by atomic mass is 79.9. The Labute approximate surface area is 101 Å². The Bertz CT molecular complexity index is 436. The van der Waals surface area contributed by atoms with Crippen LogP contribution in [0.15, 0.2) is 16.6 Å². The Hall–Kier alpha value is -0.820. The topological polar surface area (TPSA) is 43.1 Å². The zero-order chi connectivity index (χ0) is 12.5. The van der Waals surface area contributed by atoms with E-state index in [1.807, 2.05) is 0 Å². The van der Waals surface area contributed by atoms with Crippen molar-refractivity contribution in [1.82, 2.24) is 0 Å². The summed E-state index contributed by atoms with van der Waals surface area (Å²) in [6.07, 6.45) is -4.81. The molecule has 3 nitrogen and oxygen atoms in total. The van der Waals surface area contributed by atoms with Crippen LogP contribution in [0.4, 0.5) is 18.9 Å². The van der Waals surface area contributed by atoms with Crippen LogP contribution >= 0.6 is 27.5 Å². The number of nitrogens with zero attached hydrogens (tertiary/aromatic N) is 1. The van der Waals surface area contributed by atoms with E-state index in [-0.39, 0.29) is 10.0 Å². The number of hydrogen-bond acceptors (Lipinski definition) is 2. The molecular formula is C8H4BrClF3NO2. The average molecular weight is 318 g/mol. The summed E-state index contributed by atoms with van der Waals surface area (Å²) in [5.41, 5.74) is -2.63. The minimum absolute atomic E-state index is 0.0976. The lowest BCUT2D eigenvalue weighted by Gasteiger charge is -2.12. The molecule has 0 atom stereocenters. The quantitative estimate of drug-likeness (QED) is 0.468. The van der Waals surface area contributed by atoms with E-state index in [2.05, 4.69) is 15.9 Å². The number of halogens is 5. The summed E-state index contributed by atoms with van der Waals surface area (Å²) in [6.45, 7) is 0. The van der Waals surface area contributed by atoms with Gasteiger partial charge in [0.05, 0.1) is 4.92 Å². The molecule has 1 aromatic carbocycles. The van der Waals surface area contributed by atoms with Gasteiger partial charge in [0.1, 0.15) is 5.56 Å². The minimum atomic E-state index is -4.81. The van der Waals surface area contributed by atoms with E-state index in [4.69, 9.17) is 11.6 Å². The van der Waals surface area contributed by atoms with Gasteiger partial charge in [-0.1, -0.05) is 15.9 Å². The van der Waals surface area contributed by atoms with E-state index in [0.717, 1.165) is 6.07 Å². The van der Waals surface area contributed by atoms with E-state index >= 15 is 0 Å². The minimum Gasteiger partial charge on any atom is -0.258 e. The van der Waals surface area contributed by atoms with Gasteiger partial charge < -0.3 is 0 Å². The molecule has 0 aliphatic carbocycles. The molecule has 0 bridgehead atoms. The molecule has 0 saturated carbocycles. The predicted octanol–water partition coefficient (Wildman–Crippen LogP) is 4.11. The summed E-state index contributed by atoms with van der Waals surface area (Å²) >= 11 is 8.24. The van der Waals surface area contributed by atoms with Crippen molar-refractivity contribution in [1.29, 1.82) is 0 Å². The van der Waals surface area contributed by atoms with Crippen molar-refractivity contribution in [3.8, 4) is 0 Å². The third kappa shape index (κ3) is 2.46. The SMILES string of the molecule is O=[N+]([O-])c1ccc(Br)c(CCl)c1C(F)(F)F. The van der Waals surface area contributed by atoms with E-state index in [1.54, 1.807) is 0 Å². The molecule has 16 heavy (non-hydrogen) atoms. The van der Waals surface area contributed by atoms with Crippen LogP contribution in [0, 0.1) is 10.1 Å². The number of benzene rings is 1. The van der Waals surface area contributed by atoms with Crippen molar-refractivity contribution in [3.63, 3.8) is 0 Å². The summed E-state index contributed by atoms with van der Waals surface area (Å²) < 4.78 is 38.1. The number of nitro benzene ring substituents is 1. The summed E-state index contributed by atoms with van der Waals surface area (Å²) in [5.74, 6) is -0.461. The molecule has 0 saturated heterocycles. The van der Waals surface area contributed by atoms with Gasteiger partial charge in [0.2, 0.25) is 0 Å². The molecule has 0 aromatic heterocycles. The molecule has 0 N–H and O–H groups in total. The first kappa shape index (κ1) is 13.2. The first-order chi connectivity index (χ1) is 7.29. The van der Waals surface area contributed by atoms with Gasteiger partial charge in [0.25, 0.3) is 5.69 Å². The molecule has 0 unspecified atom stereocenters. The molecule has 0 radical (unpaired) electrons. The maximum absolute atomic E-state index is 12.7. The normalized spacial score (nSPS) is 11.6. The second kappa shape index (κ2) is 4.58. The highest BCUT2D eigenvalue weighted by Crippen LogP contribution is 2.41. The molecule has 0 heterocycles. The molecule has 88 valence electrons. The van der Waals surface area contributed by atoms with E-state index < -0.39 is 28.2 Å². The van der Waals surface area contributed by atoms with Crippen molar-refractivity contribution < 1.29 is 18.1 Å². The van der Waals surface area contributed by atoms with E-state index in [9.17, 15) is 23.3 Å². The second-order valence-corrected chi connectivity index (χ2v) is 3.93. The van der Waals surface area contributed by atoms with Crippen LogP contribution in [0.1, 0.15) is 11.1 Å². The Morgan fingerprint density at radius 1 is 1.44 bits per heavy atom. The highest BCUT2D eigenvalue weighted by molar-refractivity contribution is 9.10. The Morgan fingerprint density at radius 3 is 2.38 bits per heavy atom. The summed E-state index contributed by atoms with van der Waals surface area (Å²) in [5, 5.41) is 10.5. The smallest absolute Gasteiger partial charge is 0.258 e. The van der Waals surface area contributed by atoms with Gasteiger partial charge in [-0.05, 0) is 6.07 Å². The molecular weight excluding hydrogens is 314 g/mol. The zero-order valence-electron chi connectivity index (χ0n) is 7.52. The molecule has 0 aliphatic rings. The summed E-state index contributed by atoms with van der Waals surface area (Å²) in [7, 11) is 0. The van der Waals surface area contributed by atoms with E-state index in [0.29, 0.717) is 0 Å². The van der Waals surface area contributed by atoms with Crippen molar-refractivity contribution in [3.05, 3.63) is 37.8 Å². The molecule has 1 rings (SSSR count). The van der Waals surface area contributed by atoms with Gasteiger partial charge in [0, 0.05) is 22.0 Å². The third-order valence-electron chi connectivity index (χ3n) is 1.85. The van der Waals surface area contributed by atoms with Crippen LogP contribution < -0.4 is 0 Å². The molecule has 1 aromatic rings. The van der Waals surface area contributed by atoms with Gasteiger partial charge in [-0.2, -0.15) is 13.2 Å². The predicted molar refractivity (Wildman–Crippen MR) is 55.4 cm³/mol. The first-order valence-corrected chi connectivity index (χ1v) is 5.20. The number of nitro groups is 1. The van der Waals surface area contributed by atoms with Crippen LogP contribution in [0.5, 0.6) is 0 Å².